The number of nitrogens with zero attached hydrogens (tertiary/aromatic N) is 10. The molecule has 15 nitrogen and oxygen atoms in total. The van der Waals surface area contributed by atoms with Crippen LogP contribution in [0.1, 0.15) is 31.8 Å². The maximum atomic E-state index is 12.3. The molecule has 1 amide bonds. The number of halogens is 6. The highest BCUT2D eigenvalue weighted by Crippen LogP contribution is 2.24. The maximum absolute atomic E-state index is 12.3. The van der Waals surface area contributed by atoms with Gasteiger partial charge in [-0.2, -0.15) is 0 Å². The van der Waals surface area contributed by atoms with Crippen molar-refractivity contribution in [3.63, 3.8) is 0 Å². The molecule has 0 saturated heterocycles. The van der Waals surface area contributed by atoms with Gasteiger partial charge in [0.2, 0.25) is 0 Å². The van der Waals surface area contributed by atoms with Crippen LogP contribution in [-0.4, -0.2) is 67.4 Å². The van der Waals surface area contributed by atoms with E-state index in [2.05, 4.69) is 46.3 Å². The van der Waals surface area contributed by atoms with E-state index < -0.39 is 11.9 Å². The average Bonchev–Trinajstić information content (AvgIpc) is 3.82. The number of pyridine rings is 2. The predicted molar refractivity (Wildman–Crippen MR) is 183 cm³/mol. The molecule has 0 saturated carbocycles. The second kappa shape index (κ2) is 17.8. The molecule has 0 bridgehead atoms. The molecule has 0 aliphatic rings. The summed E-state index contributed by atoms with van der Waals surface area (Å²) in [6.45, 7) is 0.505. The lowest BCUT2D eigenvalue weighted by atomic mass is 10.1. The van der Waals surface area contributed by atoms with E-state index in [-0.39, 0.29) is 33.0 Å². The summed E-state index contributed by atoms with van der Waals surface area (Å²) in [5.74, 6) is -1.55. The minimum absolute atomic E-state index is 0.0538. The quantitative estimate of drug-likeness (QED) is 0.164. The first kappa shape index (κ1) is 37.3. The second-order valence-corrected chi connectivity index (χ2v) is 11.6. The summed E-state index contributed by atoms with van der Waals surface area (Å²) in [5.41, 5.74) is 8.65. The summed E-state index contributed by atoms with van der Waals surface area (Å²) in [6, 6.07) is 13.5. The van der Waals surface area contributed by atoms with Gasteiger partial charge in [-0.1, -0.05) is 81.7 Å². The van der Waals surface area contributed by atoms with Gasteiger partial charge < -0.3 is 16.2 Å². The van der Waals surface area contributed by atoms with Gasteiger partial charge in [-0.25, -0.2) is 24.1 Å². The average molecular weight is 785 g/mol. The standard InChI is InChI=1S/C14H9Cl3N6O.C8H8ClN5.C6H3Cl2NO2/c15-8-4-9(13(17)18-5-8)14(24)19-6-10-11(16)2-1-3-12(10)23-7-20-21-22-23;9-7-2-1-3-8(6(7)4-10)14-5-11-12-13-14;7-3-1-4(6(10)11)5(8)9-2-3/h1-5,7H,6H2,(H,19,24);1-3,5H,4,10H2;1-2H,(H,10,11). The Morgan fingerprint density at radius 3 is 1.69 bits per heavy atom. The Labute approximate surface area is 306 Å². The van der Waals surface area contributed by atoms with E-state index in [0.717, 1.165) is 11.3 Å². The number of rotatable bonds is 7. The number of amides is 1. The highest BCUT2D eigenvalue weighted by atomic mass is 35.5. The lowest BCUT2D eigenvalue weighted by Gasteiger charge is -2.12. The van der Waals surface area contributed by atoms with E-state index in [0.29, 0.717) is 32.9 Å². The zero-order chi connectivity index (χ0) is 35.5. The monoisotopic (exact) mass is 782 g/mol. The van der Waals surface area contributed by atoms with E-state index >= 15 is 0 Å². The molecule has 0 aliphatic heterocycles. The Balaban J connectivity index is 0.000000183. The fourth-order valence-corrected chi connectivity index (χ4v) is 5.03. The lowest BCUT2D eigenvalue weighted by molar-refractivity contribution is 0.0696. The van der Waals surface area contributed by atoms with Crippen molar-refractivity contribution in [1.82, 2.24) is 55.7 Å². The molecule has 252 valence electrons. The Bertz CT molecular complexity index is 2050. The van der Waals surface area contributed by atoms with Gasteiger partial charge in [0.15, 0.2) is 0 Å². The van der Waals surface area contributed by atoms with Crippen molar-refractivity contribution in [3.05, 3.63) is 126 Å². The Morgan fingerprint density at radius 2 is 1.22 bits per heavy atom. The van der Waals surface area contributed by atoms with Crippen molar-refractivity contribution in [2.75, 3.05) is 0 Å². The smallest absolute Gasteiger partial charge is 0.338 e. The zero-order valence-corrected chi connectivity index (χ0v) is 29.0. The van der Waals surface area contributed by atoms with Gasteiger partial charge >= 0.3 is 5.97 Å². The number of hydrogen-bond acceptors (Lipinski definition) is 11. The summed E-state index contributed by atoms with van der Waals surface area (Å²) >= 11 is 34.9. The first-order valence-electron chi connectivity index (χ1n) is 13.3. The number of tetrazole rings is 2. The molecule has 0 fully saturated rings. The van der Waals surface area contributed by atoms with Crippen LogP contribution in [0.25, 0.3) is 11.4 Å². The van der Waals surface area contributed by atoms with Crippen LogP contribution in [0, 0.1) is 0 Å². The number of carboxylic acid groups (broad SMARTS) is 1. The number of benzene rings is 2. The van der Waals surface area contributed by atoms with Crippen LogP contribution in [0.3, 0.4) is 0 Å². The third-order valence-electron chi connectivity index (χ3n) is 6.10. The molecule has 0 spiro atoms. The molecule has 4 aromatic heterocycles. The van der Waals surface area contributed by atoms with Crippen molar-refractivity contribution < 1.29 is 14.7 Å². The number of carboxylic acids is 1. The molecular formula is C28H20Cl6N12O3. The molecule has 0 unspecified atom stereocenters. The van der Waals surface area contributed by atoms with Crippen molar-refractivity contribution >= 4 is 81.5 Å². The number of carbonyl (C=O) groups excluding carboxylic acids is 1. The minimum atomic E-state index is -1.13. The van der Waals surface area contributed by atoms with Crippen LogP contribution >= 0.6 is 69.6 Å². The first-order chi connectivity index (χ1) is 23.5. The SMILES string of the molecule is NCc1c(Cl)cccc1-n1cnnn1.O=C(NCc1c(Cl)cccc1-n1cnnn1)c1cc(Cl)cnc1Cl.O=C(O)c1cc(Cl)cnc1Cl. The van der Waals surface area contributed by atoms with Crippen molar-refractivity contribution in [3.8, 4) is 11.4 Å². The third kappa shape index (κ3) is 10.0. The molecule has 21 heteroatoms. The van der Waals surface area contributed by atoms with Crippen molar-refractivity contribution in [1.29, 1.82) is 0 Å². The highest BCUT2D eigenvalue weighted by Gasteiger charge is 2.15. The number of carbonyl (C=O) groups is 2. The molecule has 0 aliphatic carbocycles. The van der Waals surface area contributed by atoms with Crippen molar-refractivity contribution in [2.45, 2.75) is 13.1 Å². The zero-order valence-electron chi connectivity index (χ0n) is 24.4. The molecular weight excluding hydrogens is 765 g/mol. The first-order valence-corrected chi connectivity index (χ1v) is 15.6. The molecule has 6 rings (SSSR count). The van der Waals surface area contributed by atoms with Gasteiger partial charge in [-0.05, 0) is 57.3 Å². The summed E-state index contributed by atoms with van der Waals surface area (Å²) < 4.78 is 3.00. The van der Waals surface area contributed by atoms with E-state index in [4.69, 9.17) is 80.4 Å². The van der Waals surface area contributed by atoms with Crippen LogP contribution in [0.2, 0.25) is 30.4 Å². The minimum Gasteiger partial charge on any atom is -0.478 e. The largest absolute Gasteiger partial charge is 0.478 e. The van der Waals surface area contributed by atoms with Crippen LogP contribution < -0.4 is 11.1 Å². The van der Waals surface area contributed by atoms with E-state index in [1.54, 1.807) is 24.3 Å². The van der Waals surface area contributed by atoms with E-state index in [9.17, 15) is 9.59 Å². The number of hydrogen-bond donors (Lipinski definition) is 3. The molecule has 0 radical (unpaired) electrons. The van der Waals surface area contributed by atoms with Crippen LogP contribution in [-0.2, 0) is 13.1 Å². The van der Waals surface area contributed by atoms with Gasteiger partial charge in [-0.3, -0.25) is 4.79 Å². The predicted octanol–water partition coefficient (Wildman–Crippen LogP) is 5.81. The van der Waals surface area contributed by atoms with Gasteiger partial charge in [-0.15, -0.1) is 10.2 Å². The van der Waals surface area contributed by atoms with E-state index in [1.807, 2.05) is 12.1 Å². The fourth-order valence-electron chi connectivity index (χ4n) is 3.86. The van der Waals surface area contributed by atoms with Crippen LogP contribution in [0.5, 0.6) is 0 Å². The molecule has 2 aromatic carbocycles. The van der Waals surface area contributed by atoms with Gasteiger partial charge in [0.25, 0.3) is 5.91 Å². The number of aromatic nitrogens is 10. The van der Waals surface area contributed by atoms with Crippen molar-refractivity contribution in [2.24, 2.45) is 5.73 Å². The summed E-state index contributed by atoms with van der Waals surface area (Å²) in [4.78, 5) is 30.1. The molecule has 0 atom stereocenters. The van der Waals surface area contributed by atoms with E-state index in [1.165, 1.54) is 46.5 Å². The highest BCUT2D eigenvalue weighted by molar-refractivity contribution is 6.35. The third-order valence-corrected chi connectivity index (χ3v) is 7.82. The molecule has 49 heavy (non-hydrogen) atoms. The fraction of sp³-hybridized carbons (Fsp3) is 0.0714. The lowest BCUT2D eigenvalue weighted by Crippen LogP contribution is -2.24. The Kier molecular flexibility index (Phi) is 13.6. The number of aromatic carboxylic acids is 1. The summed E-state index contributed by atoms with van der Waals surface area (Å²) in [6.07, 6.45) is 5.60. The molecule has 6 aromatic rings. The van der Waals surface area contributed by atoms with Crippen LogP contribution in [0.15, 0.2) is 73.6 Å². The van der Waals surface area contributed by atoms with Gasteiger partial charge in [0, 0.05) is 46.7 Å². The number of nitrogens with two attached hydrogens (primary N) is 1. The maximum Gasteiger partial charge on any atom is 0.338 e. The van der Waals surface area contributed by atoms with Gasteiger partial charge in [0.05, 0.1) is 32.5 Å². The number of nitrogens with one attached hydrogen (secondary N) is 1. The summed E-state index contributed by atoms with van der Waals surface area (Å²) in [7, 11) is 0. The Hall–Kier alpha value is -4.48. The molecule has 4 N–H and O–H groups in total. The summed E-state index contributed by atoms with van der Waals surface area (Å²) in [5, 5.41) is 34.8. The Morgan fingerprint density at radius 1 is 0.735 bits per heavy atom. The second-order valence-electron chi connectivity index (χ2n) is 9.16. The normalized spacial score (nSPS) is 10.3. The molecule has 4 heterocycles. The topological polar surface area (TPSA) is 205 Å². The van der Waals surface area contributed by atoms with Gasteiger partial charge in [0.1, 0.15) is 23.0 Å². The van der Waals surface area contributed by atoms with Crippen LogP contribution in [0.4, 0.5) is 0 Å².